The van der Waals surface area contributed by atoms with Crippen molar-refractivity contribution in [2.45, 2.75) is 74.7 Å². The number of carbonyl (C=O) groups excluding carboxylic acids is 2. The normalized spacial score (nSPS) is 18.8. The van der Waals surface area contributed by atoms with Gasteiger partial charge in [-0.25, -0.2) is 8.42 Å². The fraction of sp³-hybridized carbons (Fsp3) is 0.444. The van der Waals surface area contributed by atoms with Crippen molar-refractivity contribution in [3.63, 3.8) is 0 Å². The Morgan fingerprint density at radius 3 is 2.33 bits per heavy atom. The second-order valence-corrected chi connectivity index (χ2v) is 16.3. The molecule has 4 unspecified atom stereocenters. The largest absolute Gasteiger partial charge is 0.483 e. The molecule has 4 atom stereocenters. The number of fused-ring (bicyclic) bond motifs is 1. The Labute approximate surface area is 295 Å². The minimum absolute atomic E-state index is 0.00381. The van der Waals surface area contributed by atoms with Crippen LogP contribution in [0.2, 0.25) is 0 Å². The van der Waals surface area contributed by atoms with E-state index in [2.05, 4.69) is 29.4 Å². The van der Waals surface area contributed by atoms with Crippen LogP contribution in [0.5, 0.6) is 5.75 Å². The molecule has 2 amide bonds. The third-order valence-electron chi connectivity index (χ3n) is 8.79. The summed E-state index contributed by atoms with van der Waals surface area (Å²) in [5.41, 5.74) is 0.100. The van der Waals surface area contributed by atoms with Gasteiger partial charge < -0.3 is 19.7 Å². The fourth-order valence-electron chi connectivity index (χ4n) is 6.12. The monoisotopic (exact) mass is 728 g/mol. The SMILES string of the molecule is CCCCC1(CC)CN(c2ccccc2)c2cc(SC)c(OCC(=O)NC(C(=O)NC(C)(OCC)[PH+]=O)c3ccccc3)cc2S(=O)(=O)C1. The number of sulfone groups is 1. The average Bonchev–Trinajstić information content (AvgIpc) is 3.20. The fourth-order valence-corrected chi connectivity index (χ4v) is 9.22. The molecule has 1 aliphatic heterocycles. The number of hydrogen-bond acceptors (Lipinski definition) is 9. The molecule has 4 rings (SSSR count). The van der Waals surface area contributed by atoms with Gasteiger partial charge in [-0.1, -0.05) is 79.8 Å². The highest BCUT2D eigenvalue weighted by atomic mass is 32.2. The lowest BCUT2D eigenvalue weighted by Gasteiger charge is -2.36. The maximum atomic E-state index is 14.2. The number of rotatable bonds is 16. The van der Waals surface area contributed by atoms with Gasteiger partial charge in [0, 0.05) is 30.6 Å². The van der Waals surface area contributed by atoms with Crippen molar-refractivity contribution in [1.29, 1.82) is 0 Å². The second kappa shape index (κ2) is 17.0. The maximum Gasteiger partial charge on any atom is 0.382 e. The number of amides is 2. The first-order chi connectivity index (χ1) is 23.4. The van der Waals surface area contributed by atoms with E-state index in [1.54, 1.807) is 37.3 Å². The Balaban J connectivity index is 1.66. The van der Waals surface area contributed by atoms with Gasteiger partial charge in [0.25, 0.3) is 11.8 Å². The van der Waals surface area contributed by atoms with Crippen LogP contribution in [0.25, 0.3) is 0 Å². The number of para-hydroxylation sites is 1. The van der Waals surface area contributed by atoms with Gasteiger partial charge in [-0.15, -0.1) is 11.8 Å². The zero-order valence-corrected chi connectivity index (χ0v) is 31.4. The van der Waals surface area contributed by atoms with E-state index < -0.39 is 53.6 Å². The van der Waals surface area contributed by atoms with Crippen LogP contribution in [-0.2, 0) is 28.7 Å². The van der Waals surface area contributed by atoms with Crippen LogP contribution >= 0.6 is 20.2 Å². The number of ether oxygens (including phenoxy) is 2. The maximum absolute atomic E-state index is 14.2. The molecule has 0 fully saturated rings. The highest BCUT2D eigenvalue weighted by Gasteiger charge is 2.42. The molecule has 0 aromatic heterocycles. The van der Waals surface area contributed by atoms with Gasteiger partial charge >= 0.3 is 13.9 Å². The summed E-state index contributed by atoms with van der Waals surface area (Å²) in [6.45, 7) is 7.68. The summed E-state index contributed by atoms with van der Waals surface area (Å²) >= 11 is 1.39. The average molecular weight is 729 g/mol. The van der Waals surface area contributed by atoms with Crippen molar-refractivity contribution in [3.05, 3.63) is 78.4 Å². The number of unbranched alkanes of at least 4 members (excludes halogenated alkanes) is 1. The van der Waals surface area contributed by atoms with Crippen LogP contribution in [-0.4, -0.2) is 57.5 Å². The number of carbonyl (C=O) groups is 2. The molecule has 0 aliphatic carbocycles. The lowest BCUT2D eigenvalue weighted by Crippen LogP contribution is -2.49. The first-order valence-corrected chi connectivity index (χ1v) is 20.3. The summed E-state index contributed by atoms with van der Waals surface area (Å²) in [5, 5.41) is 5.36. The predicted molar refractivity (Wildman–Crippen MR) is 196 cm³/mol. The van der Waals surface area contributed by atoms with Gasteiger partial charge in [-0.05, 0) is 49.8 Å². The molecule has 13 heteroatoms. The lowest BCUT2D eigenvalue weighted by atomic mass is 9.81. The third kappa shape index (κ3) is 9.42. The van der Waals surface area contributed by atoms with Gasteiger partial charge in [-0.3, -0.25) is 14.9 Å². The molecule has 1 heterocycles. The number of nitrogens with zero attached hydrogens (tertiary/aromatic N) is 1. The van der Waals surface area contributed by atoms with Crippen LogP contribution in [0.1, 0.15) is 65.0 Å². The zero-order valence-electron chi connectivity index (χ0n) is 28.8. The van der Waals surface area contributed by atoms with Crippen molar-refractivity contribution in [3.8, 4) is 5.75 Å². The molecule has 3 aromatic rings. The highest BCUT2D eigenvalue weighted by Crippen LogP contribution is 2.47. The quantitative estimate of drug-likeness (QED) is 0.0909. The molecule has 0 saturated carbocycles. The lowest BCUT2D eigenvalue weighted by molar-refractivity contribution is -0.133. The Bertz CT molecular complexity index is 1710. The Hall–Kier alpha value is -3.44. The zero-order chi connectivity index (χ0) is 35.7. The number of hydrogen-bond donors (Lipinski definition) is 2. The first-order valence-electron chi connectivity index (χ1n) is 16.5. The van der Waals surface area contributed by atoms with E-state index in [9.17, 15) is 22.6 Å². The van der Waals surface area contributed by atoms with E-state index in [-0.39, 0.29) is 23.0 Å². The van der Waals surface area contributed by atoms with Crippen LogP contribution in [0, 0.1) is 5.41 Å². The Morgan fingerprint density at radius 2 is 1.73 bits per heavy atom. The van der Waals surface area contributed by atoms with Crippen molar-refractivity contribution < 1.29 is 32.0 Å². The third-order valence-corrected chi connectivity index (χ3v) is 12.2. The highest BCUT2D eigenvalue weighted by molar-refractivity contribution is 7.98. The van der Waals surface area contributed by atoms with E-state index in [4.69, 9.17) is 9.47 Å². The van der Waals surface area contributed by atoms with E-state index in [0.29, 0.717) is 29.1 Å². The predicted octanol–water partition coefficient (Wildman–Crippen LogP) is 7.01. The minimum Gasteiger partial charge on any atom is -0.483 e. The Morgan fingerprint density at radius 1 is 1.06 bits per heavy atom. The molecule has 0 spiro atoms. The van der Waals surface area contributed by atoms with Gasteiger partial charge in [-0.2, -0.15) is 0 Å². The van der Waals surface area contributed by atoms with E-state index in [0.717, 1.165) is 24.9 Å². The van der Waals surface area contributed by atoms with Gasteiger partial charge in [0.15, 0.2) is 16.4 Å². The van der Waals surface area contributed by atoms with Crippen LogP contribution in [0.3, 0.4) is 0 Å². The number of thioether (sulfide) groups is 1. The van der Waals surface area contributed by atoms with Gasteiger partial charge in [0.1, 0.15) is 11.8 Å². The van der Waals surface area contributed by atoms with Crippen molar-refractivity contribution in [1.82, 2.24) is 10.6 Å². The molecule has 0 saturated heterocycles. The molecule has 0 bridgehead atoms. The second-order valence-electron chi connectivity index (χ2n) is 12.4. The van der Waals surface area contributed by atoms with E-state index in [1.807, 2.05) is 42.7 Å². The van der Waals surface area contributed by atoms with Crippen LogP contribution < -0.4 is 20.3 Å². The molecule has 49 heavy (non-hydrogen) atoms. The summed E-state index contributed by atoms with van der Waals surface area (Å²) in [5.74, 6) is -0.952. The smallest absolute Gasteiger partial charge is 0.382 e. The van der Waals surface area contributed by atoms with Crippen molar-refractivity contribution in [2.75, 3.05) is 36.7 Å². The number of nitrogens with one attached hydrogen (secondary N) is 2. The summed E-state index contributed by atoms with van der Waals surface area (Å²) in [7, 11) is -4.76. The topological polar surface area (TPSA) is 131 Å². The molecule has 1 aliphatic rings. The summed E-state index contributed by atoms with van der Waals surface area (Å²) < 4.78 is 51.8. The minimum atomic E-state index is -3.77. The number of benzene rings is 3. The van der Waals surface area contributed by atoms with E-state index >= 15 is 0 Å². The molecule has 10 nitrogen and oxygen atoms in total. The summed E-state index contributed by atoms with van der Waals surface area (Å²) in [4.78, 5) is 29.7. The van der Waals surface area contributed by atoms with Crippen LogP contribution in [0.4, 0.5) is 11.4 Å². The Kier molecular flexibility index (Phi) is 13.3. The first kappa shape index (κ1) is 38.4. The molecule has 264 valence electrons. The van der Waals surface area contributed by atoms with E-state index in [1.165, 1.54) is 24.8 Å². The molecule has 3 aromatic carbocycles. The van der Waals surface area contributed by atoms with Gasteiger partial charge in [0.05, 0.1) is 27.8 Å². The summed E-state index contributed by atoms with van der Waals surface area (Å²) in [6, 6.07) is 20.7. The molecular formula is C36H47N3O7PS2+. The number of anilines is 2. The standard InChI is InChI=1S/C36H46N3O7PS2/c1-6-9-20-36(7-2)24-39(27-18-14-11-15-19-27)28-21-30(48-5)29(22-31(28)49(43,44)25-36)45-23-32(40)37-33(26-16-12-10-13-17-26)34(41)38-35(4,47-42)46-8-3/h10-19,21-22,33H,6-9,20,23-25H2,1-5H3,(H,37,40)(H,38,41)/p+1. The van der Waals surface area contributed by atoms with Crippen molar-refractivity contribution in [2.24, 2.45) is 5.41 Å². The molecule has 0 radical (unpaired) electrons. The van der Waals surface area contributed by atoms with Crippen LogP contribution in [0.15, 0.2) is 82.6 Å². The van der Waals surface area contributed by atoms with Crippen molar-refractivity contribution >= 4 is 53.2 Å². The molecule has 2 N–H and O–H groups in total. The summed E-state index contributed by atoms with van der Waals surface area (Å²) in [6.07, 6.45) is 5.24. The van der Waals surface area contributed by atoms with Gasteiger partial charge in [0.2, 0.25) is 0 Å². The molecular weight excluding hydrogens is 682 g/mol.